The Kier molecular flexibility index (Phi) is 4.27. The topological polar surface area (TPSA) is 89.8 Å². The third-order valence-electron chi connectivity index (χ3n) is 3.72. The van der Waals surface area contributed by atoms with E-state index in [0.29, 0.717) is 0 Å². The van der Waals surface area contributed by atoms with Crippen LogP contribution in [0.25, 0.3) is 0 Å². The number of benzene rings is 1. The van der Waals surface area contributed by atoms with Gasteiger partial charge in [-0.1, -0.05) is 18.9 Å². The molecule has 5 nitrogen and oxygen atoms in total. The molecule has 1 aromatic rings. The third kappa shape index (κ3) is 2.98. The number of carbonyl (C=O) groups is 1. The fraction of sp³-hybridized carbons (Fsp3) is 0.500. The molecule has 2 unspecified atom stereocenters. The molecular formula is C14H19NO4. The highest BCUT2D eigenvalue weighted by atomic mass is 16.3. The van der Waals surface area contributed by atoms with E-state index in [1.165, 1.54) is 18.2 Å². The van der Waals surface area contributed by atoms with Crippen molar-refractivity contribution in [2.75, 3.05) is 6.61 Å². The number of rotatable bonds is 3. The van der Waals surface area contributed by atoms with E-state index in [2.05, 4.69) is 5.32 Å². The molecule has 0 spiro atoms. The molecule has 1 saturated carbocycles. The Labute approximate surface area is 111 Å². The number of phenols is 2. The molecule has 2 rings (SSSR count). The van der Waals surface area contributed by atoms with Gasteiger partial charge < -0.3 is 20.6 Å². The summed E-state index contributed by atoms with van der Waals surface area (Å²) < 4.78 is 0. The lowest BCUT2D eigenvalue weighted by Gasteiger charge is -2.30. The monoisotopic (exact) mass is 265 g/mol. The highest BCUT2D eigenvalue weighted by Crippen LogP contribution is 2.29. The van der Waals surface area contributed by atoms with Crippen LogP contribution in [-0.2, 0) is 0 Å². The van der Waals surface area contributed by atoms with E-state index in [4.69, 9.17) is 0 Å². The number of amides is 1. The Bertz CT molecular complexity index is 461. The van der Waals surface area contributed by atoms with Crippen molar-refractivity contribution in [1.82, 2.24) is 5.32 Å². The summed E-state index contributed by atoms with van der Waals surface area (Å²) in [6, 6.07) is 4.21. The van der Waals surface area contributed by atoms with E-state index >= 15 is 0 Å². The average Bonchev–Trinajstić information content (AvgIpc) is 2.42. The maximum atomic E-state index is 12.1. The summed E-state index contributed by atoms with van der Waals surface area (Å²) in [5.41, 5.74) is 0.0577. The zero-order valence-corrected chi connectivity index (χ0v) is 10.7. The van der Waals surface area contributed by atoms with Gasteiger partial charge in [-0.3, -0.25) is 4.79 Å². The third-order valence-corrected chi connectivity index (χ3v) is 3.72. The molecule has 0 bridgehead atoms. The second kappa shape index (κ2) is 5.93. The Balaban J connectivity index is 2.09. The van der Waals surface area contributed by atoms with Crippen LogP contribution in [0.3, 0.4) is 0 Å². The second-order valence-corrected chi connectivity index (χ2v) is 4.98. The van der Waals surface area contributed by atoms with Crippen molar-refractivity contribution in [2.45, 2.75) is 31.7 Å². The molecule has 1 aliphatic rings. The Morgan fingerprint density at radius 1 is 1.26 bits per heavy atom. The second-order valence-electron chi connectivity index (χ2n) is 4.98. The summed E-state index contributed by atoms with van der Waals surface area (Å²) in [7, 11) is 0. The largest absolute Gasteiger partial charge is 0.504 e. The number of para-hydroxylation sites is 1. The van der Waals surface area contributed by atoms with Gasteiger partial charge in [-0.05, 0) is 25.0 Å². The van der Waals surface area contributed by atoms with Crippen LogP contribution in [0.15, 0.2) is 18.2 Å². The molecule has 104 valence electrons. The van der Waals surface area contributed by atoms with Crippen molar-refractivity contribution in [3.8, 4) is 11.5 Å². The highest BCUT2D eigenvalue weighted by molar-refractivity contribution is 5.97. The Morgan fingerprint density at radius 2 is 2.00 bits per heavy atom. The lowest BCUT2D eigenvalue weighted by atomic mass is 9.85. The first-order valence-corrected chi connectivity index (χ1v) is 6.56. The summed E-state index contributed by atoms with van der Waals surface area (Å²) in [6.07, 6.45) is 3.81. The fourth-order valence-corrected chi connectivity index (χ4v) is 2.58. The van der Waals surface area contributed by atoms with Gasteiger partial charge in [-0.15, -0.1) is 0 Å². The van der Waals surface area contributed by atoms with Crippen LogP contribution in [0, 0.1) is 5.92 Å². The maximum absolute atomic E-state index is 12.1. The van der Waals surface area contributed by atoms with E-state index in [1.54, 1.807) is 0 Å². The van der Waals surface area contributed by atoms with Crippen molar-refractivity contribution in [2.24, 2.45) is 5.92 Å². The molecule has 1 aliphatic carbocycles. The number of phenolic OH excluding ortho intramolecular Hbond substituents is 2. The quantitative estimate of drug-likeness (QED) is 0.621. The summed E-state index contributed by atoms with van der Waals surface area (Å²) in [6.45, 7) is 0.0525. The van der Waals surface area contributed by atoms with Gasteiger partial charge in [-0.25, -0.2) is 0 Å². The van der Waals surface area contributed by atoms with E-state index in [1.807, 2.05) is 0 Å². The number of aliphatic hydroxyl groups excluding tert-OH is 1. The van der Waals surface area contributed by atoms with Crippen LogP contribution in [0.5, 0.6) is 11.5 Å². The number of aliphatic hydroxyl groups is 1. The number of hydrogen-bond donors (Lipinski definition) is 4. The lowest BCUT2D eigenvalue weighted by molar-refractivity contribution is 0.0869. The minimum absolute atomic E-state index is 0.0525. The molecule has 19 heavy (non-hydrogen) atoms. The lowest BCUT2D eigenvalue weighted by Crippen LogP contribution is -2.43. The number of aromatic hydroxyl groups is 2. The normalized spacial score (nSPS) is 23.0. The molecular weight excluding hydrogens is 246 g/mol. The van der Waals surface area contributed by atoms with Crippen molar-refractivity contribution in [1.29, 1.82) is 0 Å². The minimum Gasteiger partial charge on any atom is -0.504 e. The van der Waals surface area contributed by atoms with E-state index < -0.39 is 11.7 Å². The van der Waals surface area contributed by atoms with Gasteiger partial charge in [0, 0.05) is 18.6 Å². The number of hydrogen-bond acceptors (Lipinski definition) is 4. The summed E-state index contributed by atoms with van der Waals surface area (Å²) in [5, 5.41) is 31.2. The predicted octanol–water partition coefficient (Wildman–Crippen LogP) is 1.38. The molecule has 0 heterocycles. The van der Waals surface area contributed by atoms with Crippen molar-refractivity contribution >= 4 is 5.91 Å². The van der Waals surface area contributed by atoms with Gasteiger partial charge in [0.05, 0.1) is 5.56 Å². The van der Waals surface area contributed by atoms with Crippen LogP contribution < -0.4 is 5.32 Å². The van der Waals surface area contributed by atoms with Gasteiger partial charge in [0.25, 0.3) is 5.91 Å². The van der Waals surface area contributed by atoms with Gasteiger partial charge in [-0.2, -0.15) is 0 Å². The molecule has 0 saturated heterocycles. The molecule has 0 aromatic heterocycles. The zero-order chi connectivity index (χ0) is 13.8. The Morgan fingerprint density at radius 3 is 2.74 bits per heavy atom. The first-order chi connectivity index (χ1) is 9.13. The average molecular weight is 265 g/mol. The first-order valence-electron chi connectivity index (χ1n) is 6.56. The maximum Gasteiger partial charge on any atom is 0.255 e. The van der Waals surface area contributed by atoms with Crippen molar-refractivity contribution in [3.05, 3.63) is 23.8 Å². The van der Waals surface area contributed by atoms with Gasteiger partial charge in [0.15, 0.2) is 11.5 Å². The molecule has 4 N–H and O–H groups in total. The summed E-state index contributed by atoms with van der Waals surface area (Å²) in [4.78, 5) is 12.1. The molecule has 0 radical (unpaired) electrons. The molecule has 5 heteroatoms. The molecule has 1 fully saturated rings. The SMILES string of the molecule is O=C(NC1CCCCC1CO)c1cccc(O)c1O. The van der Waals surface area contributed by atoms with Crippen LogP contribution >= 0.6 is 0 Å². The molecule has 1 aromatic carbocycles. The van der Waals surface area contributed by atoms with Gasteiger partial charge in [0.2, 0.25) is 0 Å². The van der Waals surface area contributed by atoms with Gasteiger partial charge >= 0.3 is 0 Å². The zero-order valence-electron chi connectivity index (χ0n) is 10.7. The standard InChI is InChI=1S/C14H19NO4/c16-8-9-4-1-2-6-11(9)15-14(19)10-5-3-7-12(17)13(10)18/h3,5,7,9,11,16-18H,1-2,4,6,8H2,(H,15,19). The number of carbonyl (C=O) groups excluding carboxylic acids is 1. The van der Waals surface area contributed by atoms with E-state index in [0.717, 1.165) is 25.7 Å². The summed E-state index contributed by atoms with van der Waals surface area (Å²) in [5.74, 6) is -1.07. The molecule has 0 aliphatic heterocycles. The fourth-order valence-electron chi connectivity index (χ4n) is 2.58. The predicted molar refractivity (Wildman–Crippen MR) is 70.1 cm³/mol. The molecule has 1 amide bonds. The van der Waals surface area contributed by atoms with Crippen LogP contribution in [0.2, 0.25) is 0 Å². The summed E-state index contributed by atoms with van der Waals surface area (Å²) >= 11 is 0. The number of nitrogens with one attached hydrogen (secondary N) is 1. The Hall–Kier alpha value is -1.75. The van der Waals surface area contributed by atoms with Crippen LogP contribution in [-0.4, -0.2) is 33.9 Å². The van der Waals surface area contributed by atoms with Crippen molar-refractivity contribution in [3.63, 3.8) is 0 Å². The smallest absolute Gasteiger partial charge is 0.255 e. The highest BCUT2D eigenvalue weighted by Gasteiger charge is 2.27. The van der Waals surface area contributed by atoms with Crippen molar-refractivity contribution < 1.29 is 20.1 Å². The van der Waals surface area contributed by atoms with E-state index in [-0.39, 0.29) is 29.9 Å². The van der Waals surface area contributed by atoms with Gasteiger partial charge in [0.1, 0.15) is 0 Å². The minimum atomic E-state index is -0.418. The van der Waals surface area contributed by atoms with Crippen LogP contribution in [0.1, 0.15) is 36.0 Å². The van der Waals surface area contributed by atoms with Crippen LogP contribution in [0.4, 0.5) is 0 Å². The van der Waals surface area contributed by atoms with E-state index in [9.17, 15) is 20.1 Å². The first kappa shape index (κ1) is 13.7. The molecule has 2 atom stereocenters.